The molecule has 3 heterocycles. The van der Waals surface area contributed by atoms with Crippen LogP contribution in [0.25, 0.3) is 22.0 Å². The van der Waals surface area contributed by atoms with Crippen LogP contribution in [0.4, 0.5) is 14.6 Å². The molecule has 1 aliphatic heterocycles. The molecule has 2 N–H and O–H groups in total. The first-order valence-electron chi connectivity index (χ1n) is 11.5. The van der Waals surface area contributed by atoms with Crippen molar-refractivity contribution >= 4 is 28.3 Å². The molecule has 5 rings (SSSR count). The van der Waals surface area contributed by atoms with Crippen LogP contribution in [0.3, 0.4) is 0 Å². The van der Waals surface area contributed by atoms with Gasteiger partial charge in [0.05, 0.1) is 17.2 Å². The molecule has 1 aliphatic rings. The number of nitrogens with one attached hydrogen (secondary N) is 1. The van der Waals surface area contributed by atoms with E-state index in [2.05, 4.69) is 25.3 Å². The standard InChI is InChI=1S/C25H23ClF2N6O2/c1-14-13-29-9-10-34(14)24-15-12-16(26)20(21-17(27)4-2-5-18(21)35)22(28)23(15)32-25(33-24)36-11-6-19-30-7-3-8-31-19/h2-5,7-8,12,14,29,35H,6,9-11,13H2,1H3/t14-/m0/s1. The van der Waals surface area contributed by atoms with E-state index in [9.17, 15) is 9.50 Å². The lowest BCUT2D eigenvalue weighted by Crippen LogP contribution is -2.50. The Labute approximate surface area is 211 Å². The second-order valence-electron chi connectivity index (χ2n) is 8.42. The molecule has 2 aromatic carbocycles. The van der Waals surface area contributed by atoms with Crippen LogP contribution in [0.5, 0.6) is 11.8 Å². The van der Waals surface area contributed by atoms with Gasteiger partial charge >= 0.3 is 6.01 Å². The molecule has 0 bridgehead atoms. The summed E-state index contributed by atoms with van der Waals surface area (Å²) in [5, 5.41) is 13.9. The molecule has 186 valence electrons. The number of phenolic OH excluding ortho intramolecular Hbond substituents is 1. The lowest BCUT2D eigenvalue weighted by Gasteiger charge is -2.35. The van der Waals surface area contributed by atoms with Crippen LogP contribution >= 0.6 is 11.6 Å². The second kappa shape index (κ2) is 10.2. The van der Waals surface area contributed by atoms with E-state index in [1.54, 1.807) is 18.5 Å². The summed E-state index contributed by atoms with van der Waals surface area (Å²) in [4.78, 5) is 19.3. The number of aromatic nitrogens is 4. The second-order valence-corrected chi connectivity index (χ2v) is 8.82. The summed E-state index contributed by atoms with van der Waals surface area (Å²) in [6.45, 7) is 4.25. The summed E-state index contributed by atoms with van der Waals surface area (Å²) in [6.07, 6.45) is 3.67. The highest BCUT2D eigenvalue weighted by atomic mass is 35.5. The maximum atomic E-state index is 16.0. The summed E-state index contributed by atoms with van der Waals surface area (Å²) < 4.78 is 36.5. The van der Waals surface area contributed by atoms with Crippen LogP contribution in [-0.2, 0) is 6.42 Å². The van der Waals surface area contributed by atoms with Gasteiger partial charge in [-0.2, -0.15) is 9.97 Å². The predicted molar refractivity (Wildman–Crippen MR) is 132 cm³/mol. The Morgan fingerprint density at radius 2 is 1.97 bits per heavy atom. The summed E-state index contributed by atoms with van der Waals surface area (Å²) >= 11 is 6.48. The fourth-order valence-corrected chi connectivity index (χ4v) is 4.57. The zero-order valence-corrected chi connectivity index (χ0v) is 20.1. The number of rotatable bonds is 6. The summed E-state index contributed by atoms with van der Waals surface area (Å²) in [5.41, 5.74) is -0.693. The first-order valence-corrected chi connectivity index (χ1v) is 11.9. The number of hydrogen-bond acceptors (Lipinski definition) is 8. The van der Waals surface area contributed by atoms with Crippen LogP contribution in [0.15, 0.2) is 42.7 Å². The van der Waals surface area contributed by atoms with E-state index in [-0.39, 0.29) is 40.3 Å². The van der Waals surface area contributed by atoms with Gasteiger partial charge in [0.25, 0.3) is 0 Å². The van der Waals surface area contributed by atoms with E-state index >= 15 is 4.39 Å². The van der Waals surface area contributed by atoms with E-state index in [1.807, 2.05) is 11.8 Å². The third-order valence-corrected chi connectivity index (χ3v) is 6.33. The normalized spacial score (nSPS) is 15.9. The lowest BCUT2D eigenvalue weighted by molar-refractivity contribution is 0.294. The summed E-state index contributed by atoms with van der Waals surface area (Å²) in [5.74, 6) is -1.06. The van der Waals surface area contributed by atoms with Crippen molar-refractivity contribution in [1.82, 2.24) is 25.3 Å². The number of fused-ring (bicyclic) bond motifs is 1. The number of phenols is 1. The number of anilines is 1. The van der Waals surface area contributed by atoms with Crippen molar-refractivity contribution in [3.63, 3.8) is 0 Å². The van der Waals surface area contributed by atoms with E-state index < -0.39 is 17.4 Å². The molecule has 8 nitrogen and oxygen atoms in total. The predicted octanol–water partition coefficient (Wildman–Crippen LogP) is 4.14. The molecule has 1 fully saturated rings. The highest BCUT2D eigenvalue weighted by molar-refractivity contribution is 6.34. The van der Waals surface area contributed by atoms with E-state index in [1.165, 1.54) is 18.2 Å². The topological polar surface area (TPSA) is 96.3 Å². The minimum Gasteiger partial charge on any atom is -0.507 e. The zero-order chi connectivity index (χ0) is 25.2. The molecular weight excluding hydrogens is 490 g/mol. The summed E-state index contributed by atoms with van der Waals surface area (Å²) in [6, 6.07) is 6.97. The van der Waals surface area contributed by atoms with Gasteiger partial charge in [0, 0.05) is 55.4 Å². The third kappa shape index (κ3) is 4.61. The minimum absolute atomic E-state index is 0.0379. The molecule has 0 radical (unpaired) electrons. The Hall–Kier alpha value is -3.63. The summed E-state index contributed by atoms with van der Waals surface area (Å²) in [7, 11) is 0. The third-order valence-electron chi connectivity index (χ3n) is 6.03. The molecule has 0 amide bonds. The highest BCUT2D eigenvalue weighted by Gasteiger charge is 2.27. The first kappa shape index (κ1) is 24.1. The SMILES string of the molecule is C[C@H]1CNCCN1c1nc(OCCc2ncccn2)nc2c(F)c(-c3c(O)cccc3F)c(Cl)cc12. The molecule has 2 aromatic heterocycles. The van der Waals surface area contributed by atoms with Gasteiger partial charge in [-0.1, -0.05) is 17.7 Å². The van der Waals surface area contributed by atoms with Gasteiger partial charge in [0.2, 0.25) is 0 Å². The minimum atomic E-state index is -0.874. The largest absolute Gasteiger partial charge is 0.507 e. The fraction of sp³-hybridized carbons (Fsp3) is 0.280. The maximum absolute atomic E-state index is 16.0. The van der Waals surface area contributed by atoms with Crippen molar-refractivity contribution in [2.45, 2.75) is 19.4 Å². The Morgan fingerprint density at radius 1 is 1.17 bits per heavy atom. The van der Waals surface area contributed by atoms with Gasteiger partial charge in [-0.05, 0) is 31.2 Å². The van der Waals surface area contributed by atoms with Crippen molar-refractivity contribution in [3.8, 4) is 22.9 Å². The lowest BCUT2D eigenvalue weighted by atomic mass is 10.0. The van der Waals surface area contributed by atoms with Crippen LogP contribution in [-0.4, -0.2) is 57.3 Å². The monoisotopic (exact) mass is 512 g/mol. The Balaban J connectivity index is 1.63. The number of nitrogens with zero attached hydrogens (tertiary/aromatic N) is 5. The van der Waals surface area contributed by atoms with Crippen molar-refractivity contribution in [2.24, 2.45) is 0 Å². The zero-order valence-electron chi connectivity index (χ0n) is 19.4. The van der Waals surface area contributed by atoms with Gasteiger partial charge in [-0.25, -0.2) is 18.7 Å². The molecule has 11 heteroatoms. The van der Waals surface area contributed by atoms with E-state index in [0.717, 1.165) is 12.6 Å². The van der Waals surface area contributed by atoms with Crippen LogP contribution in [0.1, 0.15) is 12.7 Å². The molecule has 0 aliphatic carbocycles. The van der Waals surface area contributed by atoms with Gasteiger partial charge in [-0.15, -0.1) is 0 Å². The highest BCUT2D eigenvalue weighted by Crippen LogP contribution is 2.42. The quantitative estimate of drug-likeness (QED) is 0.398. The van der Waals surface area contributed by atoms with Crippen LogP contribution in [0, 0.1) is 11.6 Å². The molecule has 1 atom stereocenters. The number of ether oxygens (including phenoxy) is 1. The molecule has 0 spiro atoms. The van der Waals surface area contributed by atoms with E-state index in [0.29, 0.717) is 36.5 Å². The Morgan fingerprint density at radius 3 is 2.72 bits per heavy atom. The average molecular weight is 513 g/mol. The van der Waals surface area contributed by atoms with E-state index in [4.69, 9.17) is 16.3 Å². The first-order chi connectivity index (χ1) is 17.4. The van der Waals surface area contributed by atoms with Crippen molar-refractivity contribution < 1.29 is 18.6 Å². The van der Waals surface area contributed by atoms with Crippen molar-refractivity contribution in [3.05, 3.63) is 65.2 Å². The molecule has 0 unspecified atom stereocenters. The Bertz CT molecular complexity index is 1390. The van der Waals surface area contributed by atoms with Gasteiger partial charge in [0.15, 0.2) is 5.82 Å². The molecule has 4 aromatic rings. The molecule has 36 heavy (non-hydrogen) atoms. The number of benzene rings is 2. The number of hydrogen-bond donors (Lipinski definition) is 2. The average Bonchev–Trinajstić information content (AvgIpc) is 2.87. The van der Waals surface area contributed by atoms with Crippen molar-refractivity contribution in [1.29, 1.82) is 0 Å². The Kier molecular flexibility index (Phi) is 6.80. The fourth-order valence-electron chi connectivity index (χ4n) is 4.28. The maximum Gasteiger partial charge on any atom is 0.319 e. The molecular formula is C25H23ClF2N6O2. The van der Waals surface area contributed by atoms with Gasteiger partial charge in [0.1, 0.15) is 28.7 Å². The number of halogens is 3. The molecule has 1 saturated heterocycles. The smallest absolute Gasteiger partial charge is 0.319 e. The van der Waals surface area contributed by atoms with Gasteiger partial charge < -0.3 is 20.1 Å². The number of aromatic hydroxyl groups is 1. The molecule has 0 saturated carbocycles. The number of piperazine rings is 1. The van der Waals surface area contributed by atoms with Crippen LogP contribution < -0.4 is 15.0 Å². The van der Waals surface area contributed by atoms with Gasteiger partial charge in [-0.3, -0.25) is 0 Å². The van der Waals surface area contributed by atoms with Crippen LogP contribution in [0.2, 0.25) is 5.02 Å². The van der Waals surface area contributed by atoms with Crippen molar-refractivity contribution in [2.75, 3.05) is 31.1 Å².